The molecule has 36 heavy (non-hydrogen) atoms. The molecule has 184 valence electrons. The van der Waals surface area contributed by atoms with Gasteiger partial charge in [0.25, 0.3) is 15.9 Å². The summed E-state index contributed by atoms with van der Waals surface area (Å²) in [6.45, 7) is 0.875. The second kappa shape index (κ2) is 9.50. The number of benzene rings is 3. The van der Waals surface area contributed by atoms with Crippen LogP contribution in [0.2, 0.25) is 0 Å². The monoisotopic (exact) mass is 503 g/mol. The Morgan fingerprint density at radius 1 is 0.944 bits per heavy atom. The van der Waals surface area contributed by atoms with Crippen LogP contribution >= 0.6 is 0 Å². The fraction of sp³-hybridized carbons (Fsp3) is 0.185. The van der Waals surface area contributed by atoms with Crippen molar-refractivity contribution in [1.29, 1.82) is 0 Å². The lowest BCUT2D eigenvalue weighted by molar-refractivity contribution is 0.0934. The van der Waals surface area contributed by atoms with E-state index in [1.807, 2.05) is 42.5 Å². The van der Waals surface area contributed by atoms with E-state index >= 15 is 0 Å². The second-order valence-corrected chi connectivity index (χ2v) is 10.4. The molecule has 1 aliphatic rings. The van der Waals surface area contributed by atoms with Gasteiger partial charge in [-0.25, -0.2) is 17.2 Å². The first-order valence-electron chi connectivity index (χ1n) is 11.5. The van der Waals surface area contributed by atoms with Crippen LogP contribution in [0, 0.1) is 0 Å². The molecule has 0 spiro atoms. The maximum Gasteiger partial charge on any atom is 0.409 e. The van der Waals surface area contributed by atoms with Gasteiger partial charge in [-0.05, 0) is 42.3 Å². The molecule has 9 heteroatoms. The van der Waals surface area contributed by atoms with Crippen LogP contribution in [0.4, 0.5) is 4.79 Å². The minimum atomic E-state index is -3.91. The van der Waals surface area contributed by atoms with Crippen molar-refractivity contribution in [3.8, 4) is 11.1 Å². The van der Waals surface area contributed by atoms with E-state index in [0.717, 1.165) is 16.5 Å². The third-order valence-electron chi connectivity index (χ3n) is 6.39. The van der Waals surface area contributed by atoms with Crippen LogP contribution < -0.4 is 5.32 Å². The molecule has 0 bridgehead atoms. The van der Waals surface area contributed by atoms with Gasteiger partial charge in [-0.15, -0.1) is 0 Å². The maximum absolute atomic E-state index is 13.6. The van der Waals surface area contributed by atoms with Gasteiger partial charge in [0, 0.05) is 41.8 Å². The molecular weight excluding hydrogens is 478 g/mol. The zero-order chi connectivity index (χ0) is 25.3. The zero-order valence-electron chi connectivity index (χ0n) is 19.6. The summed E-state index contributed by atoms with van der Waals surface area (Å²) in [7, 11) is -2.59. The van der Waals surface area contributed by atoms with Crippen molar-refractivity contribution in [2.45, 2.75) is 17.4 Å². The topological polar surface area (TPSA) is 97.7 Å². The molecule has 2 heterocycles. The molecule has 1 atom stereocenters. The SMILES string of the molecule is COC(=O)N1CCC(NC(=O)c2ccc(S(=O)(=O)n3cc(-c4ccccc4)c4ccccc43)cc2)C1. The zero-order valence-corrected chi connectivity index (χ0v) is 20.4. The highest BCUT2D eigenvalue weighted by Crippen LogP contribution is 2.33. The lowest BCUT2D eigenvalue weighted by atomic mass is 10.1. The van der Waals surface area contributed by atoms with Gasteiger partial charge < -0.3 is 15.0 Å². The van der Waals surface area contributed by atoms with Crippen LogP contribution in [-0.2, 0) is 14.8 Å². The molecule has 5 rings (SSSR count). The maximum atomic E-state index is 13.6. The van der Waals surface area contributed by atoms with Crippen LogP contribution in [0.3, 0.4) is 0 Å². The number of ether oxygens (including phenoxy) is 1. The van der Waals surface area contributed by atoms with E-state index < -0.39 is 16.1 Å². The molecule has 0 saturated carbocycles. The van der Waals surface area contributed by atoms with Crippen LogP contribution in [0.25, 0.3) is 22.0 Å². The van der Waals surface area contributed by atoms with Gasteiger partial charge in [-0.2, -0.15) is 0 Å². The molecule has 1 aliphatic heterocycles. The van der Waals surface area contributed by atoms with E-state index in [9.17, 15) is 18.0 Å². The molecule has 1 N–H and O–H groups in total. The largest absolute Gasteiger partial charge is 0.453 e. The minimum Gasteiger partial charge on any atom is -0.453 e. The van der Waals surface area contributed by atoms with Crippen molar-refractivity contribution in [3.05, 3.63) is 90.6 Å². The number of aromatic nitrogens is 1. The summed E-state index contributed by atoms with van der Waals surface area (Å²) in [6, 6.07) is 22.7. The number of rotatable bonds is 5. The van der Waals surface area contributed by atoms with Gasteiger partial charge in [0.1, 0.15) is 0 Å². The number of hydrogen-bond acceptors (Lipinski definition) is 5. The van der Waals surface area contributed by atoms with Crippen LogP contribution in [-0.4, -0.2) is 55.5 Å². The molecule has 4 aromatic rings. The van der Waals surface area contributed by atoms with Crippen molar-refractivity contribution < 1.29 is 22.7 Å². The number of amides is 2. The number of para-hydroxylation sites is 1. The number of carbonyl (C=O) groups is 2. The highest BCUT2D eigenvalue weighted by Gasteiger charge is 2.28. The standard InChI is InChI=1S/C27H25N3O5S/c1-35-27(32)29-16-15-21(17-29)28-26(31)20-11-13-22(14-12-20)36(33,34)30-18-24(19-7-3-2-4-8-19)23-9-5-6-10-25(23)30/h2-14,18,21H,15-17H2,1H3,(H,28,31). The molecule has 2 amide bonds. The molecule has 0 aliphatic carbocycles. The van der Waals surface area contributed by atoms with Gasteiger partial charge in [0.05, 0.1) is 17.5 Å². The van der Waals surface area contributed by atoms with Gasteiger partial charge in [-0.3, -0.25) is 4.79 Å². The first kappa shape index (κ1) is 23.6. The van der Waals surface area contributed by atoms with E-state index in [-0.39, 0.29) is 16.8 Å². The van der Waals surface area contributed by atoms with Crippen molar-refractivity contribution in [3.63, 3.8) is 0 Å². The quantitative estimate of drug-likeness (QED) is 0.442. The number of hydrogen-bond donors (Lipinski definition) is 1. The number of likely N-dealkylation sites (tertiary alicyclic amines) is 1. The Kier molecular flexibility index (Phi) is 6.24. The summed E-state index contributed by atoms with van der Waals surface area (Å²) < 4.78 is 33.2. The average Bonchev–Trinajstić information content (AvgIpc) is 3.54. The third-order valence-corrected chi connectivity index (χ3v) is 8.08. The summed E-state index contributed by atoms with van der Waals surface area (Å²) in [5.41, 5.74) is 2.66. The number of fused-ring (bicyclic) bond motifs is 1. The lowest BCUT2D eigenvalue weighted by Gasteiger charge is -2.15. The fourth-order valence-electron chi connectivity index (χ4n) is 4.53. The molecule has 1 unspecified atom stereocenters. The van der Waals surface area contributed by atoms with E-state index in [2.05, 4.69) is 5.32 Å². The summed E-state index contributed by atoms with van der Waals surface area (Å²) in [6.07, 6.45) is 1.84. The van der Waals surface area contributed by atoms with Gasteiger partial charge in [0.2, 0.25) is 0 Å². The first-order valence-corrected chi connectivity index (χ1v) is 13.0. The molecule has 1 saturated heterocycles. The normalized spacial score (nSPS) is 15.7. The van der Waals surface area contributed by atoms with Crippen molar-refractivity contribution >= 4 is 32.9 Å². The summed E-state index contributed by atoms with van der Waals surface area (Å²) in [4.78, 5) is 26.0. The third kappa shape index (κ3) is 4.33. The van der Waals surface area contributed by atoms with Crippen LogP contribution in [0.1, 0.15) is 16.8 Å². The highest BCUT2D eigenvalue weighted by atomic mass is 32.2. The van der Waals surface area contributed by atoms with Gasteiger partial charge in [0.15, 0.2) is 0 Å². The molecule has 8 nitrogen and oxygen atoms in total. The van der Waals surface area contributed by atoms with Gasteiger partial charge in [-0.1, -0.05) is 48.5 Å². The number of methoxy groups -OCH3 is 1. The molecule has 3 aromatic carbocycles. The van der Waals surface area contributed by atoms with Crippen molar-refractivity contribution in [2.75, 3.05) is 20.2 Å². The van der Waals surface area contributed by atoms with Crippen LogP contribution in [0.15, 0.2) is 90.0 Å². The number of nitrogens with zero attached hydrogens (tertiary/aromatic N) is 2. The van der Waals surface area contributed by atoms with E-state index in [1.165, 1.54) is 40.2 Å². The lowest BCUT2D eigenvalue weighted by Crippen LogP contribution is -2.38. The van der Waals surface area contributed by atoms with Crippen molar-refractivity contribution in [1.82, 2.24) is 14.2 Å². The Hall–Kier alpha value is -4.11. The second-order valence-electron chi connectivity index (χ2n) is 8.63. The Balaban J connectivity index is 1.39. The van der Waals surface area contributed by atoms with Gasteiger partial charge >= 0.3 is 6.09 Å². The molecular formula is C27H25N3O5S. The molecule has 1 fully saturated rings. The fourth-order valence-corrected chi connectivity index (χ4v) is 5.90. The average molecular weight is 504 g/mol. The summed E-state index contributed by atoms with van der Waals surface area (Å²) in [5, 5.41) is 3.73. The minimum absolute atomic E-state index is 0.0807. The smallest absolute Gasteiger partial charge is 0.409 e. The Labute approximate surface area is 209 Å². The predicted molar refractivity (Wildman–Crippen MR) is 136 cm³/mol. The van der Waals surface area contributed by atoms with E-state index in [0.29, 0.717) is 30.6 Å². The Bertz CT molecular complexity index is 1530. The Morgan fingerprint density at radius 2 is 1.64 bits per heavy atom. The molecule has 1 aromatic heterocycles. The highest BCUT2D eigenvalue weighted by molar-refractivity contribution is 7.90. The summed E-state index contributed by atoms with van der Waals surface area (Å²) in [5.74, 6) is -0.326. The number of nitrogens with one attached hydrogen (secondary N) is 1. The summed E-state index contributed by atoms with van der Waals surface area (Å²) >= 11 is 0. The predicted octanol–water partition coefficient (Wildman–Crippen LogP) is 4.12. The van der Waals surface area contributed by atoms with Crippen LogP contribution in [0.5, 0.6) is 0 Å². The Morgan fingerprint density at radius 3 is 2.36 bits per heavy atom. The van der Waals surface area contributed by atoms with E-state index in [4.69, 9.17) is 4.74 Å². The number of carbonyl (C=O) groups excluding carboxylic acids is 2. The molecule has 0 radical (unpaired) electrons. The first-order chi connectivity index (χ1) is 17.4. The van der Waals surface area contributed by atoms with E-state index in [1.54, 1.807) is 18.3 Å². The van der Waals surface area contributed by atoms with Crippen molar-refractivity contribution in [2.24, 2.45) is 0 Å².